The predicted octanol–water partition coefficient (Wildman–Crippen LogP) is 2.00. The van der Waals surface area contributed by atoms with Crippen molar-refractivity contribution in [2.45, 2.75) is 52.1 Å². The number of nitrogens with zero attached hydrogens (tertiary/aromatic N) is 2. The van der Waals surface area contributed by atoms with E-state index in [1.165, 1.54) is 12.8 Å². The largest absolute Gasteiger partial charge is 0.312 e. The summed E-state index contributed by atoms with van der Waals surface area (Å²) in [5.74, 6) is 0.779. The molecule has 0 aromatic heterocycles. The highest BCUT2D eigenvalue weighted by Gasteiger charge is 2.23. The Morgan fingerprint density at radius 2 is 1.94 bits per heavy atom. The minimum absolute atomic E-state index is 0.0801. The molecule has 1 aliphatic heterocycles. The molecule has 3 heteroatoms. The predicted molar refractivity (Wildman–Crippen MR) is 67.1 cm³/mol. The molecule has 1 heterocycles. The van der Waals surface area contributed by atoms with Crippen LogP contribution in [-0.2, 0) is 0 Å². The molecular weight excluding hydrogens is 198 g/mol. The van der Waals surface area contributed by atoms with Gasteiger partial charge in [-0.05, 0) is 66.1 Å². The molecule has 0 spiro atoms. The van der Waals surface area contributed by atoms with Gasteiger partial charge in [0.05, 0.1) is 12.1 Å². The zero-order valence-electron chi connectivity index (χ0n) is 11.1. The van der Waals surface area contributed by atoms with Gasteiger partial charge in [0.25, 0.3) is 0 Å². The lowest BCUT2D eigenvalue weighted by molar-refractivity contribution is 0.159. The summed E-state index contributed by atoms with van der Waals surface area (Å²) in [6, 6.07) is 2.40. The Morgan fingerprint density at radius 3 is 2.38 bits per heavy atom. The fourth-order valence-corrected chi connectivity index (χ4v) is 2.08. The summed E-state index contributed by atoms with van der Waals surface area (Å²) >= 11 is 0. The van der Waals surface area contributed by atoms with E-state index < -0.39 is 0 Å². The summed E-state index contributed by atoms with van der Waals surface area (Å²) in [5, 5.41) is 12.4. The maximum Gasteiger partial charge on any atom is 0.0949 e. The molecule has 1 aliphatic rings. The van der Waals surface area contributed by atoms with Crippen molar-refractivity contribution in [3.05, 3.63) is 0 Å². The van der Waals surface area contributed by atoms with E-state index in [0.717, 1.165) is 25.6 Å². The number of nitriles is 1. The highest BCUT2D eigenvalue weighted by Crippen LogP contribution is 2.18. The first-order valence-corrected chi connectivity index (χ1v) is 6.31. The molecule has 92 valence electrons. The molecule has 0 saturated carbocycles. The fraction of sp³-hybridized carbons (Fsp3) is 0.923. The van der Waals surface area contributed by atoms with Crippen LogP contribution in [0.2, 0.25) is 0 Å². The first-order chi connectivity index (χ1) is 7.42. The number of nitrogens with one attached hydrogen (secondary N) is 1. The minimum Gasteiger partial charge on any atom is -0.312 e. The van der Waals surface area contributed by atoms with Crippen LogP contribution < -0.4 is 5.32 Å². The summed E-state index contributed by atoms with van der Waals surface area (Å²) in [6.07, 6.45) is 2.43. The zero-order valence-corrected chi connectivity index (χ0v) is 11.1. The standard InChI is InChI=1S/C13H25N3/c1-11(9-14)16-7-5-12(6-8-16)10-15-13(2,3)4/h11-12,15H,5-8,10H2,1-4H3. The van der Waals surface area contributed by atoms with Gasteiger partial charge in [-0.3, -0.25) is 4.90 Å². The van der Waals surface area contributed by atoms with Crippen molar-refractivity contribution in [2.75, 3.05) is 19.6 Å². The Labute approximate surface area is 99.8 Å². The van der Waals surface area contributed by atoms with Crippen LogP contribution in [-0.4, -0.2) is 36.1 Å². The Balaban J connectivity index is 2.25. The normalized spacial score (nSPS) is 21.7. The van der Waals surface area contributed by atoms with Crippen LogP contribution in [0.5, 0.6) is 0 Å². The summed E-state index contributed by atoms with van der Waals surface area (Å²) < 4.78 is 0. The van der Waals surface area contributed by atoms with Crippen LogP contribution in [0, 0.1) is 17.2 Å². The van der Waals surface area contributed by atoms with Crippen molar-refractivity contribution in [1.82, 2.24) is 10.2 Å². The van der Waals surface area contributed by atoms with E-state index in [0.29, 0.717) is 0 Å². The molecule has 0 aromatic rings. The zero-order chi connectivity index (χ0) is 12.2. The molecule has 1 rings (SSSR count). The van der Waals surface area contributed by atoms with Crippen molar-refractivity contribution in [3.8, 4) is 6.07 Å². The molecular formula is C13H25N3. The van der Waals surface area contributed by atoms with Crippen LogP contribution in [0.1, 0.15) is 40.5 Å². The van der Waals surface area contributed by atoms with Crippen LogP contribution in [0.15, 0.2) is 0 Å². The van der Waals surface area contributed by atoms with Gasteiger partial charge < -0.3 is 5.32 Å². The molecule has 1 saturated heterocycles. The van der Waals surface area contributed by atoms with Gasteiger partial charge in [0, 0.05) is 5.54 Å². The van der Waals surface area contributed by atoms with Gasteiger partial charge >= 0.3 is 0 Å². The molecule has 3 nitrogen and oxygen atoms in total. The van der Waals surface area contributed by atoms with Crippen LogP contribution in [0.25, 0.3) is 0 Å². The quantitative estimate of drug-likeness (QED) is 0.795. The lowest BCUT2D eigenvalue weighted by atomic mass is 9.95. The average Bonchev–Trinajstić information content (AvgIpc) is 2.25. The Kier molecular flexibility index (Phi) is 4.76. The lowest BCUT2D eigenvalue weighted by Crippen LogP contribution is -2.44. The third-order valence-corrected chi connectivity index (χ3v) is 3.30. The van der Waals surface area contributed by atoms with E-state index in [9.17, 15) is 0 Å². The molecule has 1 unspecified atom stereocenters. The monoisotopic (exact) mass is 223 g/mol. The molecule has 0 aliphatic carbocycles. The molecule has 16 heavy (non-hydrogen) atoms. The van der Waals surface area contributed by atoms with Gasteiger partial charge in [0.15, 0.2) is 0 Å². The van der Waals surface area contributed by atoms with E-state index in [1.807, 2.05) is 6.92 Å². The topological polar surface area (TPSA) is 39.1 Å². The number of hydrogen-bond donors (Lipinski definition) is 1. The van der Waals surface area contributed by atoms with Crippen molar-refractivity contribution in [3.63, 3.8) is 0 Å². The van der Waals surface area contributed by atoms with Crippen molar-refractivity contribution >= 4 is 0 Å². The number of piperidine rings is 1. The van der Waals surface area contributed by atoms with Crippen molar-refractivity contribution in [1.29, 1.82) is 5.26 Å². The second kappa shape index (κ2) is 5.65. The number of likely N-dealkylation sites (tertiary alicyclic amines) is 1. The number of rotatable bonds is 3. The molecule has 0 aromatic carbocycles. The highest BCUT2D eigenvalue weighted by molar-refractivity contribution is 4.90. The molecule has 1 fully saturated rings. The van der Waals surface area contributed by atoms with E-state index in [-0.39, 0.29) is 11.6 Å². The van der Waals surface area contributed by atoms with E-state index in [1.54, 1.807) is 0 Å². The van der Waals surface area contributed by atoms with Gasteiger partial charge in [-0.1, -0.05) is 0 Å². The smallest absolute Gasteiger partial charge is 0.0949 e. The third-order valence-electron chi connectivity index (χ3n) is 3.30. The van der Waals surface area contributed by atoms with Crippen molar-refractivity contribution < 1.29 is 0 Å². The average molecular weight is 223 g/mol. The second-order valence-corrected chi connectivity index (χ2v) is 5.92. The molecule has 1 atom stereocenters. The second-order valence-electron chi connectivity index (χ2n) is 5.92. The van der Waals surface area contributed by atoms with Gasteiger partial charge in [-0.25, -0.2) is 0 Å². The summed E-state index contributed by atoms with van der Waals surface area (Å²) in [7, 11) is 0. The maximum absolute atomic E-state index is 8.86. The van der Waals surface area contributed by atoms with Gasteiger partial charge in [-0.15, -0.1) is 0 Å². The minimum atomic E-state index is 0.0801. The lowest BCUT2D eigenvalue weighted by Gasteiger charge is -2.34. The Hall–Kier alpha value is -0.590. The third kappa shape index (κ3) is 4.51. The van der Waals surface area contributed by atoms with Gasteiger partial charge in [0.2, 0.25) is 0 Å². The van der Waals surface area contributed by atoms with E-state index in [4.69, 9.17) is 5.26 Å². The van der Waals surface area contributed by atoms with Gasteiger partial charge in [-0.2, -0.15) is 5.26 Å². The molecule has 1 N–H and O–H groups in total. The Morgan fingerprint density at radius 1 is 1.38 bits per heavy atom. The first kappa shape index (κ1) is 13.5. The summed E-state index contributed by atoms with van der Waals surface area (Å²) in [6.45, 7) is 11.9. The van der Waals surface area contributed by atoms with Crippen molar-refractivity contribution in [2.24, 2.45) is 5.92 Å². The van der Waals surface area contributed by atoms with Crippen LogP contribution >= 0.6 is 0 Å². The fourth-order valence-electron chi connectivity index (χ4n) is 2.08. The van der Waals surface area contributed by atoms with E-state index >= 15 is 0 Å². The van der Waals surface area contributed by atoms with Crippen LogP contribution in [0.4, 0.5) is 0 Å². The van der Waals surface area contributed by atoms with E-state index in [2.05, 4.69) is 37.1 Å². The molecule has 0 amide bonds. The molecule has 0 radical (unpaired) electrons. The molecule has 0 bridgehead atoms. The Bertz CT molecular complexity index is 241. The number of hydrogen-bond acceptors (Lipinski definition) is 3. The van der Waals surface area contributed by atoms with Crippen LogP contribution in [0.3, 0.4) is 0 Å². The summed E-state index contributed by atoms with van der Waals surface area (Å²) in [4.78, 5) is 2.29. The highest BCUT2D eigenvalue weighted by atomic mass is 15.2. The summed E-state index contributed by atoms with van der Waals surface area (Å²) in [5.41, 5.74) is 0.219. The SMILES string of the molecule is CC(C#N)N1CCC(CNC(C)(C)C)CC1. The van der Waals surface area contributed by atoms with Gasteiger partial charge in [0.1, 0.15) is 0 Å². The first-order valence-electron chi connectivity index (χ1n) is 6.31. The maximum atomic E-state index is 8.86.